The quantitative estimate of drug-likeness (QED) is 0.941. The van der Waals surface area contributed by atoms with E-state index < -0.39 is 0 Å². The minimum Gasteiger partial charge on any atom is -0.419 e. The number of rotatable bonds is 4. The van der Waals surface area contributed by atoms with Gasteiger partial charge >= 0.3 is 0 Å². The first-order valence-corrected chi connectivity index (χ1v) is 7.93. The van der Waals surface area contributed by atoms with Gasteiger partial charge in [0, 0.05) is 17.6 Å². The number of aryl methyl sites for hydroxylation is 1. The fourth-order valence-corrected chi connectivity index (χ4v) is 3.11. The monoisotopic (exact) mass is 301 g/mol. The summed E-state index contributed by atoms with van der Waals surface area (Å²) in [6, 6.07) is 8.68. The Morgan fingerprint density at radius 1 is 1.23 bits per heavy atom. The van der Waals surface area contributed by atoms with Crippen molar-refractivity contribution in [3.05, 3.63) is 35.7 Å². The fraction of sp³-hybridized carbons (Fsp3) is 0.529. The van der Waals surface area contributed by atoms with E-state index in [1.165, 1.54) is 12.0 Å². The maximum absolute atomic E-state index is 9.56. The van der Waals surface area contributed by atoms with Gasteiger partial charge in [-0.2, -0.15) is 0 Å². The Labute approximate surface area is 131 Å². The molecule has 1 aliphatic rings. The van der Waals surface area contributed by atoms with E-state index in [4.69, 9.17) is 4.42 Å². The van der Waals surface area contributed by atoms with E-state index >= 15 is 0 Å². The first-order valence-electron chi connectivity index (χ1n) is 7.93. The summed E-state index contributed by atoms with van der Waals surface area (Å²) in [6.45, 7) is 5.03. The fourth-order valence-electron chi connectivity index (χ4n) is 3.11. The molecular weight excluding hydrogens is 278 g/mol. The minimum absolute atomic E-state index is 0.184. The lowest BCUT2D eigenvalue weighted by Crippen LogP contribution is -2.46. The highest BCUT2D eigenvalue weighted by Gasteiger charge is 2.28. The maximum Gasteiger partial charge on any atom is 0.247 e. The zero-order valence-corrected chi connectivity index (χ0v) is 13.2. The molecule has 0 radical (unpaired) electrons. The average molecular weight is 301 g/mol. The third kappa shape index (κ3) is 3.20. The molecule has 1 aromatic heterocycles. The van der Waals surface area contributed by atoms with Crippen LogP contribution in [-0.2, 0) is 6.54 Å². The summed E-state index contributed by atoms with van der Waals surface area (Å²) < 4.78 is 5.81. The first kappa shape index (κ1) is 15.2. The topological polar surface area (TPSA) is 62.4 Å². The van der Waals surface area contributed by atoms with Crippen LogP contribution < -0.4 is 0 Å². The number of hydrogen-bond donors (Lipinski definition) is 1. The molecule has 5 nitrogen and oxygen atoms in total. The van der Waals surface area contributed by atoms with Gasteiger partial charge < -0.3 is 9.52 Å². The second-order valence-corrected chi connectivity index (χ2v) is 6.16. The van der Waals surface area contributed by atoms with Crippen LogP contribution in [0.5, 0.6) is 0 Å². The lowest BCUT2D eigenvalue weighted by Gasteiger charge is -2.38. The van der Waals surface area contributed by atoms with Crippen LogP contribution in [0.4, 0.5) is 0 Å². The molecule has 5 heteroatoms. The summed E-state index contributed by atoms with van der Waals surface area (Å²) >= 11 is 0. The van der Waals surface area contributed by atoms with Gasteiger partial charge in [0.1, 0.15) is 0 Å². The number of aliphatic hydroxyl groups excluding tert-OH is 1. The van der Waals surface area contributed by atoms with E-state index in [1.807, 2.05) is 24.3 Å². The molecule has 3 rings (SSSR count). The number of aliphatic hydroxyl groups is 1. The molecule has 1 aliphatic heterocycles. The van der Waals surface area contributed by atoms with Gasteiger partial charge in [-0.05, 0) is 38.8 Å². The van der Waals surface area contributed by atoms with Crippen molar-refractivity contribution < 1.29 is 9.52 Å². The Morgan fingerprint density at radius 3 is 2.73 bits per heavy atom. The zero-order valence-electron chi connectivity index (χ0n) is 13.2. The molecule has 22 heavy (non-hydrogen) atoms. The summed E-state index contributed by atoms with van der Waals surface area (Å²) in [4.78, 5) is 2.27. The lowest BCUT2D eigenvalue weighted by molar-refractivity contribution is 0.0386. The number of hydrogen-bond acceptors (Lipinski definition) is 5. The molecule has 2 atom stereocenters. The van der Waals surface area contributed by atoms with Gasteiger partial charge in [-0.1, -0.05) is 24.1 Å². The Hall–Kier alpha value is -1.72. The van der Waals surface area contributed by atoms with E-state index in [0.717, 1.165) is 18.4 Å². The zero-order chi connectivity index (χ0) is 15.5. The van der Waals surface area contributed by atoms with E-state index in [9.17, 15) is 5.11 Å². The Morgan fingerprint density at radius 2 is 2.00 bits per heavy atom. The van der Waals surface area contributed by atoms with Crippen LogP contribution in [0.2, 0.25) is 0 Å². The second-order valence-electron chi connectivity index (χ2n) is 6.16. The Balaban J connectivity index is 1.74. The van der Waals surface area contributed by atoms with Crippen LogP contribution in [0.15, 0.2) is 28.7 Å². The molecule has 1 N–H and O–H groups in total. The van der Waals surface area contributed by atoms with Gasteiger partial charge in [-0.25, -0.2) is 0 Å². The number of benzene rings is 1. The van der Waals surface area contributed by atoms with Gasteiger partial charge in [0.05, 0.1) is 13.2 Å². The summed E-state index contributed by atoms with van der Waals surface area (Å²) in [7, 11) is 0. The van der Waals surface area contributed by atoms with Crippen molar-refractivity contribution in [1.29, 1.82) is 0 Å². The molecule has 2 aromatic rings. The highest BCUT2D eigenvalue weighted by atomic mass is 16.4. The highest BCUT2D eigenvalue weighted by molar-refractivity contribution is 5.52. The molecule has 0 saturated carbocycles. The summed E-state index contributed by atoms with van der Waals surface area (Å²) in [5.74, 6) is 1.17. The predicted octanol–water partition coefficient (Wildman–Crippen LogP) is 2.78. The third-order valence-electron chi connectivity index (χ3n) is 4.49. The standard InChI is InChI=1S/C17H23N3O2/c1-12-6-8-14(9-7-12)17-19-18-16(22-17)10-20-13(2)4-3-5-15(20)11-21/h6-9,13,15,21H,3-5,10-11H2,1-2H3. The van der Waals surface area contributed by atoms with Crippen LogP contribution in [0.25, 0.3) is 11.5 Å². The normalized spacial score (nSPS) is 22.9. The largest absolute Gasteiger partial charge is 0.419 e. The van der Waals surface area contributed by atoms with Gasteiger partial charge in [0.15, 0.2) is 0 Å². The molecule has 2 heterocycles. The first-order chi connectivity index (χ1) is 10.7. The summed E-state index contributed by atoms with van der Waals surface area (Å²) in [6.07, 6.45) is 3.34. The molecular formula is C17H23N3O2. The van der Waals surface area contributed by atoms with Gasteiger partial charge in [-0.3, -0.25) is 4.90 Å². The Kier molecular flexibility index (Phi) is 4.55. The van der Waals surface area contributed by atoms with Crippen molar-refractivity contribution in [2.45, 2.75) is 51.7 Å². The SMILES string of the molecule is Cc1ccc(-c2nnc(CN3C(C)CCCC3CO)o2)cc1. The van der Waals surface area contributed by atoms with Crippen molar-refractivity contribution >= 4 is 0 Å². The third-order valence-corrected chi connectivity index (χ3v) is 4.49. The minimum atomic E-state index is 0.184. The Bertz CT molecular complexity index is 609. The lowest BCUT2D eigenvalue weighted by atomic mass is 9.97. The van der Waals surface area contributed by atoms with Crippen molar-refractivity contribution in [2.24, 2.45) is 0 Å². The van der Waals surface area contributed by atoms with Crippen LogP contribution >= 0.6 is 0 Å². The van der Waals surface area contributed by atoms with Gasteiger partial charge in [0.2, 0.25) is 11.8 Å². The highest BCUT2D eigenvalue weighted by Crippen LogP contribution is 2.25. The molecule has 1 fully saturated rings. The van der Waals surface area contributed by atoms with Crippen molar-refractivity contribution in [2.75, 3.05) is 6.61 Å². The molecule has 0 spiro atoms. The van der Waals surface area contributed by atoms with Crippen LogP contribution in [0.1, 0.15) is 37.6 Å². The van der Waals surface area contributed by atoms with E-state index in [-0.39, 0.29) is 12.6 Å². The van der Waals surface area contributed by atoms with E-state index in [2.05, 4.69) is 28.9 Å². The molecule has 118 valence electrons. The molecule has 0 amide bonds. The molecule has 1 saturated heterocycles. The maximum atomic E-state index is 9.56. The van der Waals surface area contributed by atoms with E-state index in [0.29, 0.717) is 24.4 Å². The van der Waals surface area contributed by atoms with Crippen LogP contribution in [0, 0.1) is 6.92 Å². The van der Waals surface area contributed by atoms with Crippen molar-refractivity contribution in [3.63, 3.8) is 0 Å². The van der Waals surface area contributed by atoms with Crippen molar-refractivity contribution in [1.82, 2.24) is 15.1 Å². The molecule has 1 aromatic carbocycles. The number of piperidine rings is 1. The number of likely N-dealkylation sites (tertiary alicyclic amines) is 1. The predicted molar refractivity (Wildman–Crippen MR) is 84.2 cm³/mol. The number of nitrogens with zero attached hydrogens (tertiary/aromatic N) is 3. The van der Waals surface area contributed by atoms with E-state index in [1.54, 1.807) is 0 Å². The number of aromatic nitrogens is 2. The van der Waals surface area contributed by atoms with Gasteiger partial charge in [0.25, 0.3) is 0 Å². The smallest absolute Gasteiger partial charge is 0.247 e. The summed E-state index contributed by atoms with van der Waals surface area (Å²) in [5, 5.41) is 17.9. The van der Waals surface area contributed by atoms with Gasteiger partial charge in [-0.15, -0.1) is 10.2 Å². The van der Waals surface area contributed by atoms with Crippen molar-refractivity contribution in [3.8, 4) is 11.5 Å². The average Bonchev–Trinajstić information content (AvgIpc) is 2.98. The summed E-state index contributed by atoms with van der Waals surface area (Å²) in [5.41, 5.74) is 2.14. The van der Waals surface area contributed by atoms with Crippen LogP contribution in [-0.4, -0.2) is 38.9 Å². The molecule has 0 bridgehead atoms. The van der Waals surface area contributed by atoms with Crippen LogP contribution in [0.3, 0.4) is 0 Å². The molecule has 2 unspecified atom stereocenters. The molecule has 0 aliphatic carbocycles. The second kappa shape index (κ2) is 6.58.